The standard InChI is InChI=1S/C12H17F3N2O/c1-4-17(7-12(13,14)15)6-11(18)10-5-8(2)16-9(10)3/h5,16H,4,6-7H2,1-3H3. The molecule has 0 saturated heterocycles. The molecule has 18 heavy (non-hydrogen) atoms. The van der Waals surface area contributed by atoms with Gasteiger partial charge in [0.15, 0.2) is 5.78 Å². The van der Waals surface area contributed by atoms with Crippen LogP contribution in [0.25, 0.3) is 0 Å². The monoisotopic (exact) mass is 262 g/mol. The van der Waals surface area contributed by atoms with Gasteiger partial charge >= 0.3 is 6.18 Å². The highest BCUT2D eigenvalue weighted by atomic mass is 19.4. The average Bonchev–Trinajstić information content (AvgIpc) is 2.54. The molecular formula is C12H17F3N2O. The second-order valence-corrected chi connectivity index (χ2v) is 4.33. The van der Waals surface area contributed by atoms with Gasteiger partial charge in [-0.3, -0.25) is 9.69 Å². The van der Waals surface area contributed by atoms with Crippen molar-refractivity contribution in [3.63, 3.8) is 0 Å². The maximum atomic E-state index is 12.3. The number of H-pyrrole nitrogens is 1. The molecule has 0 radical (unpaired) electrons. The summed E-state index contributed by atoms with van der Waals surface area (Å²) in [4.78, 5) is 16.0. The van der Waals surface area contributed by atoms with Crippen molar-refractivity contribution in [1.82, 2.24) is 9.88 Å². The Morgan fingerprint density at radius 1 is 1.39 bits per heavy atom. The number of ketones is 1. The van der Waals surface area contributed by atoms with E-state index < -0.39 is 12.7 Å². The summed E-state index contributed by atoms with van der Waals surface area (Å²) < 4.78 is 36.8. The number of nitrogens with one attached hydrogen (secondary N) is 1. The lowest BCUT2D eigenvalue weighted by Crippen LogP contribution is -2.37. The summed E-state index contributed by atoms with van der Waals surface area (Å²) >= 11 is 0. The van der Waals surface area contributed by atoms with Crippen LogP contribution in [0.3, 0.4) is 0 Å². The molecule has 0 unspecified atom stereocenters. The molecular weight excluding hydrogens is 245 g/mol. The summed E-state index contributed by atoms with van der Waals surface area (Å²) in [5.74, 6) is -0.289. The van der Waals surface area contributed by atoms with Crippen molar-refractivity contribution in [3.05, 3.63) is 23.0 Å². The van der Waals surface area contributed by atoms with E-state index in [0.29, 0.717) is 11.3 Å². The van der Waals surface area contributed by atoms with Crippen LogP contribution < -0.4 is 0 Å². The lowest BCUT2D eigenvalue weighted by molar-refractivity contribution is -0.144. The molecule has 0 aliphatic rings. The second kappa shape index (κ2) is 5.56. The number of alkyl halides is 3. The first-order valence-electron chi connectivity index (χ1n) is 5.71. The van der Waals surface area contributed by atoms with Crippen LogP contribution in [0.4, 0.5) is 13.2 Å². The normalized spacial score (nSPS) is 12.2. The molecule has 0 fully saturated rings. The molecule has 0 aromatic carbocycles. The molecule has 1 aromatic heterocycles. The molecule has 0 aliphatic heterocycles. The van der Waals surface area contributed by atoms with Crippen LogP contribution in [0.2, 0.25) is 0 Å². The zero-order valence-corrected chi connectivity index (χ0v) is 10.7. The summed E-state index contributed by atoms with van der Waals surface area (Å²) in [6.45, 7) is 4.06. The zero-order valence-electron chi connectivity index (χ0n) is 10.7. The molecule has 0 atom stereocenters. The van der Waals surface area contributed by atoms with E-state index in [1.807, 2.05) is 0 Å². The molecule has 1 heterocycles. The molecule has 102 valence electrons. The topological polar surface area (TPSA) is 36.1 Å². The second-order valence-electron chi connectivity index (χ2n) is 4.33. The minimum atomic E-state index is -4.28. The molecule has 3 nitrogen and oxygen atoms in total. The number of halogens is 3. The van der Waals surface area contributed by atoms with Crippen molar-refractivity contribution in [3.8, 4) is 0 Å². The van der Waals surface area contributed by atoms with E-state index in [-0.39, 0.29) is 18.9 Å². The first-order chi connectivity index (χ1) is 8.23. The van der Waals surface area contributed by atoms with E-state index in [4.69, 9.17) is 0 Å². The third kappa shape index (κ3) is 4.18. The number of Topliss-reactive ketones (excluding diaryl/α,β-unsaturated/α-hetero) is 1. The summed E-state index contributed by atoms with van der Waals surface area (Å²) in [6, 6.07) is 1.67. The van der Waals surface area contributed by atoms with Gasteiger partial charge in [-0.1, -0.05) is 6.92 Å². The maximum Gasteiger partial charge on any atom is 0.401 e. The van der Waals surface area contributed by atoms with Gasteiger partial charge < -0.3 is 4.98 Å². The third-order valence-corrected chi connectivity index (χ3v) is 2.67. The van der Waals surface area contributed by atoms with Gasteiger partial charge in [0.2, 0.25) is 0 Å². The first kappa shape index (κ1) is 14.8. The molecule has 0 bridgehead atoms. The molecule has 1 aromatic rings. The van der Waals surface area contributed by atoms with Gasteiger partial charge in [0.05, 0.1) is 13.1 Å². The maximum absolute atomic E-state index is 12.3. The Morgan fingerprint density at radius 3 is 2.39 bits per heavy atom. The van der Waals surface area contributed by atoms with Gasteiger partial charge in [-0.05, 0) is 26.5 Å². The largest absolute Gasteiger partial charge is 0.401 e. The van der Waals surface area contributed by atoms with Crippen molar-refractivity contribution in [2.24, 2.45) is 0 Å². The van der Waals surface area contributed by atoms with Gasteiger partial charge in [-0.2, -0.15) is 13.2 Å². The Labute approximate surface area is 104 Å². The van der Waals surface area contributed by atoms with Crippen LogP contribution in [0, 0.1) is 13.8 Å². The lowest BCUT2D eigenvalue weighted by atomic mass is 10.1. The van der Waals surface area contributed by atoms with Crippen molar-refractivity contribution in [2.45, 2.75) is 26.9 Å². The first-order valence-corrected chi connectivity index (χ1v) is 5.71. The van der Waals surface area contributed by atoms with Gasteiger partial charge in [0.1, 0.15) is 0 Å². The van der Waals surface area contributed by atoms with Crippen molar-refractivity contribution >= 4 is 5.78 Å². The summed E-state index contributed by atoms with van der Waals surface area (Å²) in [7, 11) is 0. The zero-order chi connectivity index (χ0) is 13.9. The lowest BCUT2D eigenvalue weighted by Gasteiger charge is -2.20. The Bertz CT molecular complexity index is 423. The molecule has 6 heteroatoms. The van der Waals surface area contributed by atoms with Crippen molar-refractivity contribution in [2.75, 3.05) is 19.6 Å². The van der Waals surface area contributed by atoms with Gasteiger partial charge in [-0.25, -0.2) is 0 Å². The molecule has 0 spiro atoms. The molecule has 0 amide bonds. The van der Waals surface area contributed by atoms with Crippen molar-refractivity contribution < 1.29 is 18.0 Å². The summed E-state index contributed by atoms with van der Waals surface area (Å²) in [5, 5.41) is 0. The Morgan fingerprint density at radius 2 is 2.00 bits per heavy atom. The number of carbonyl (C=O) groups is 1. The Kier molecular flexibility index (Phi) is 4.56. The van der Waals surface area contributed by atoms with Crippen LogP contribution in [-0.2, 0) is 0 Å². The van der Waals surface area contributed by atoms with E-state index in [2.05, 4.69) is 4.98 Å². The van der Waals surface area contributed by atoms with Crippen LogP contribution in [0.1, 0.15) is 28.7 Å². The smallest absolute Gasteiger partial charge is 0.362 e. The number of hydrogen-bond donors (Lipinski definition) is 1. The predicted molar refractivity (Wildman–Crippen MR) is 62.8 cm³/mol. The third-order valence-electron chi connectivity index (χ3n) is 2.67. The highest BCUT2D eigenvalue weighted by Gasteiger charge is 2.31. The fourth-order valence-corrected chi connectivity index (χ4v) is 1.83. The molecule has 0 saturated carbocycles. The number of carbonyl (C=O) groups excluding carboxylic acids is 1. The number of rotatable bonds is 5. The number of aryl methyl sites for hydroxylation is 2. The number of likely N-dealkylation sites (N-methyl/N-ethyl adjacent to an activating group) is 1. The van der Waals surface area contributed by atoms with E-state index in [1.165, 1.54) is 0 Å². The highest BCUT2D eigenvalue weighted by Crippen LogP contribution is 2.17. The van der Waals surface area contributed by atoms with Crippen LogP contribution in [0.15, 0.2) is 6.07 Å². The molecule has 0 aliphatic carbocycles. The number of aromatic amines is 1. The minimum Gasteiger partial charge on any atom is -0.362 e. The summed E-state index contributed by atoms with van der Waals surface area (Å²) in [6.07, 6.45) is -4.28. The SMILES string of the molecule is CCN(CC(=O)c1cc(C)[nH]c1C)CC(F)(F)F. The van der Waals surface area contributed by atoms with Crippen molar-refractivity contribution in [1.29, 1.82) is 0 Å². The number of hydrogen-bond acceptors (Lipinski definition) is 2. The fraction of sp³-hybridized carbons (Fsp3) is 0.583. The quantitative estimate of drug-likeness (QED) is 0.828. The van der Waals surface area contributed by atoms with Gasteiger partial charge in [-0.15, -0.1) is 0 Å². The van der Waals surface area contributed by atoms with Gasteiger partial charge in [0, 0.05) is 17.0 Å². The molecule has 1 N–H and O–H groups in total. The summed E-state index contributed by atoms with van der Waals surface area (Å²) in [5.41, 5.74) is 1.99. The Balaban J connectivity index is 2.71. The number of nitrogens with zero attached hydrogens (tertiary/aromatic N) is 1. The highest BCUT2D eigenvalue weighted by molar-refractivity contribution is 5.98. The van der Waals surface area contributed by atoms with Crippen LogP contribution in [0.5, 0.6) is 0 Å². The minimum absolute atomic E-state index is 0.188. The van der Waals surface area contributed by atoms with Crippen LogP contribution >= 0.6 is 0 Å². The number of aromatic nitrogens is 1. The van der Waals surface area contributed by atoms with Crippen LogP contribution in [-0.4, -0.2) is 41.5 Å². The Hall–Kier alpha value is -1.30. The van der Waals surface area contributed by atoms with E-state index in [1.54, 1.807) is 26.8 Å². The predicted octanol–water partition coefficient (Wildman–Crippen LogP) is 2.70. The molecule has 1 rings (SSSR count). The van der Waals surface area contributed by atoms with E-state index >= 15 is 0 Å². The van der Waals surface area contributed by atoms with E-state index in [0.717, 1.165) is 10.6 Å². The van der Waals surface area contributed by atoms with E-state index in [9.17, 15) is 18.0 Å². The fourth-order valence-electron chi connectivity index (χ4n) is 1.83. The van der Waals surface area contributed by atoms with Gasteiger partial charge in [0.25, 0.3) is 0 Å². The average molecular weight is 262 g/mol.